The quantitative estimate of drug-likeness (QED) is 0.227. The van der Waals surface area contributed by atoms with Crippen molar-refractivity contribution in [3.63, 3.8) is 0 Å². The van der Waals surface area contributed by atoms with Crippen molar-refractivity contribution < 1.29 is 4.48 Å². The van der Waals surface area contributed by atoms with Crippen LogP contribution in [-0.4, -0.2) is 78.6 Å². The lowest BCUT2D eigenvalue weighted by molar-refractivity contribution is -0.952. The number of nitrogens with zero attached hydrogens (tertiary/aromatic N) is 5. The number of quaternary nitrogens is 1. The number of imidazole rings is 3. The summed E-state index contributed by atoms with van der Waals surface area (Å²) in [7, 11) is 0. The van der Waals surface area contributed by atoms with Crippen LogP contribution in [0.2, 0.25) is 0 Å². The molecule has 3 aromatic heterocycles. The third kappa shape index (κ3) is 6.27. The van der Waals surface area contributed by atoms with Crippen molar-refractivity contribution in [1.82, 2.24) is 40.1 Å². The zero-order valence-electron chi connectivity index (χ0n) is 20.3. The highest BCUT2D eigenvalue weighted by Gasteiger charge is 2.31. The number of H-pyrrole nitrogens is 3. The molecule has 9 nitrogen and oxygen atoms in total. The van der Waals surface area contributed by atoms with E-state index in [1.54, 1.807) is 6.33 Å². The molecule has 0 aliphatic carbocycles. The van der Waals surface area contributed by atoms with Gasteiger partial charge < -0.3 is 24.8 Å². The van der Waals surface area contributed by atoms with Crippen LogP contribution in [-0.2, 0) is 19.6 Å². The van der Waals surface area contributed by atoms with E-state index in [-0.39, 0.29) is 0 Å². The summed E-state index contributed by atoms with van der Waals surface area (Å²) in [6, 6.07) is 0. The zero-order valence-corrected chi connectivity index (χ0v) is 20.3. The molecule has 0 unspecified atom stereocenters. The average Bonchev–Trinajstić information content (AvgIpc) is 3.49. The molecule has 4 N–H and O–H groups in total. The van der Waals surface area contributed by atoms with E-state index in [4.69, 9.17) is 0 Å². The lowest BCUT2D eigenvalue weighted by atomic mass is 10.2. The highest BCUT2D eigenvalue weighted by atomic mass is 15.4. The fraction of sp³-hybridized carbons (Fsp3) is 0.609. The van der Waals surface area contributed by atoms with Crippen LogP contribution >= 0.6 is 0 Å². The lowest BCUT2D eigenvalue weighted by Crippen LogP contribution is -2.53. The number of hydrogen-bond donors (Lipinski definition) is 4. The highest BCUT2D eigenvalue weighted by Crippen LogP contribution is 2.21. The Hall–Kier alpha value is -2.49. The maximum absolute atomic E-state index is 4.65. The van der Waals surface area contributed by atoms with Crippen LogP contribution in [0.1, 0.15) is 48.0 Å². The maximum Gasteiger partial charge on any atom is 0.124 e. The summed E-state index contributed by atoms with van der Waals surface area (Å²) in [4.78, 5) is 25.9. The van der Waals surface area contributed by atoms with Gasteiger partial charge in [0.05, 0.1) is 37.8 Å². The smallest absolute Gasteiger partial charge is 0.124 e. The zero-order chi connectivity index (χ0) is 23.0. The Morgan fingerprint density at radius 1 is 0.781 bits per heavy atom. The number of aryl methyl sites for hydroxylation is 3. The van der Waals surface area contributed by atoms with Crippen molar-refractivity contribution in [3.8, 4) is 0 Å². The molecule has 9 heteroatoms. The van der Waals surface area contributed by atoms with Gasteiger partial charge in [0.25, 0.3) is 0 Å². The summed E-state index contributed by atoms with van der Waals surface area (Å²) < 4.78 is 0.903. The Labute approximate surface area is 191 Å². The number of aromatic amines is 3. The van der Waals surface area contributed by atoms with Gasteiger partial charge in [-0.25, -0.2) is 15.0 Å². The summed E-state index contributed by atoms with van der Waals surface area (Å²) in [5.41, 5.74) is 6.78. The van der Waals surface area contributed by atoms with Gasteiger partial charge in [-0.2, -0.15) is 0 Å². The monoisotopic (exact) mass is 442 g/mol. The van der Waals surface area contributed by atoms with E-state index in [9.17, 15) is 0 Å². The van der Waals surface area contributed by atoms with E-state index < -0.39 is 0 Å². The summed E-state index contributed by atoms with van der Waals surface area (Å²) in [5, 5.41) is 3.62. The number of aromatic nitrogens is 6. The number of hydrogen-bond acceptors (Lipinski definition) is 5. The van der Waals surface area contributed by atoms with Gasteiger partial charge in [0.1, 0.15) is 24.5 Å². The lowest BCUT2D eigenvalue weighted by Gasteiger charge is -2.39. The molecule has 3 aromatic rings. The van der Waals surface area contributed by atoms with Crippen molar-refractivity contribution in [1.29, 1.82) is 0 Å². The van der Waals surface area contributed by atoms with E-state index in [0.29, 0.717) is 0 Å². The number of rotatable bonds is 14. The molecule has 0 aliphatic heterocycles. The molecule has 0 saturated heterocycles. The molecule has 176 valence electrons. The predicted octanol–water partition coefficient (Wildman–Crippen LogP) is 2.43. The van der Waals surface area contributed by atoms with Gasteiger partial charge in [0, 0.05) is 36.7 Å². The van der Waals surface area contributed by atoms with E-state index in [1.165, 1.54) is 0 Å². The van der Waals surface area contributed by atoms with Crippen molar-refractivity contribution in [3.05, 3.63) is 53.1 Å². The summed E-state index contributed by atoms with van der Waals surface area (Å²) in [5.74, 6) is 0. The SMILES string of the molecule is CCN(CC)CC[N+](CCNCc1nc[nH]c1C)(Cc1nc[nH]c1C)Cc1nc[nH]c1C. The molecule has 0 aliphatic rings. The molecule has 0 aromatic carbocycles. The highest BCUT2D eigenvalue weighted by molar-refractivity contribution is 5.10. The topological polar surface area (TPSA) is 101 Å². The summed E-state index contributed by atoms with van der Waals surface area (Å²) in [6.45, 7) is 19.4. The predicted molar refractivity (Wildman–Crippen MR) is 127 cm³/mol. The molecule has 0 saturated carbocycles. The van der Waals surface area contributed by atoms with Gasteiger partial charge in [0.15, 0.2) is 0 Å². The Morgan fingerprint density at radius 2 is 1.28 bits per heavy atom. The van der Waals surface area contributed by atoms with Crippen molar-refractivity contribution in [2.45, 2.75) is 54.3 Å². The standard InChI is InChI=1S/C23H40N9/c1-6-31(7-2)9-11-32(13-22-19(4)26-16-29-22,14-23-20(5)27-17-30-23)10-8-24-12-21-18(3)25-15-28-21/h15-17,24H,6-14H2,1-5H3,(H,25,28)(H,26,29)(H,27,30)/q+1. The van der Waals surface area contributed by atoms with Crippen LogP contribution in [0.5, 0.6) is 0 Å². The molecule has 0 spiro atoms. The second-order valence-corrected chi connectivity index (χ2v) is 8.73. The fourth-order valence-electron chi connectivity index (χ4n) is 4.19. The van der Waals surface area contributed by atoms with Gasteiger partial charge >= 0.3 is 0 Å². The van der Waals surface area contributed by atoms with E-state index in [2.05, 4.69) is 74.7 Å². The van der Waals surface area contributed by atoms with E-state index >= 15 is 0 Å². The molecule has 0 atom stereocenters. The van der Waals surface area contributed by atoms with Gasteiger partial charge in [-0.15, -0.1) is 0 Å². The van der Waals surface area contributed by atoms with Crippen molar-refractivity contribution in [2.24, 2.45) is 0 Å². The van der Waals surface area contributed by atoms with Crippen LogP contribution in [0.4, 0.5) is 0 Å². The first-order valence-corrected chi connectivity index (χ1v) is 11.7. The minimum Gasteiger partial charge on any atom is -0.348 e. The molecule has 0 amide bonds. The second-order valence-electron chi connectivity index (χ2n) is 8.73. The Morgan fingerprint density at radius 3 is 1.72 bits per heavy atom. The van der Waals surface area contributed by atoms with Crippen LogP contribution in [0.3, 0.4) is 0 Å². The first kappa shape index (κ1) is 24.2. The Balaban J connectivity index is 1.80. The molecule has 0 bridgehead atoms. The van der Waals surface area contributed by atoms with Gasteiger partial charge in [-0.3, -0.25) is 4.90 Å². The summed E-state index contributed by atoms with van der Waals surface area (Å²) >= 11 is 0. The third-order valence-corrected chi connectivity index (χ3v) is 6.61. The van der Waals surface area contributed by atoms with Crippen LogP contribution in [0, 0.1) is 20.8 Å². The first-order chi connectivity index (χ1) is 15.5. The number of likely N-dealkylation sites (N-methyl/N-ethyl adjacent to an activating group) is 1. The Kier molecular flexibility index (Phi) is 8.60. The van der Waals surface area contributed by atoms with Crippen molar-refractivity contribution in [2.75, 3.05) is 39.3 Å². The van der Waals surface area contributed by atoms with Gasteiger partial charge in [0.2, 0.25) is 0 Å². The summed E-state index contributed by atoms with van der Waals surface area (Å²) in [6.07, 6.45) is 5.38. The van der Waals surface area contributed by atoms with Crippen LogP contribution in [0.15, 0.2) is 19.0 Å². The minimum absolute atomic E-state index is 0.772. The van der Waals surface area contributed by atoms with Crippen LogP contribution in [0.25, 0.3) is 0 Å². The maximum atomic E-state index is 4.65. The van der Waals surface area contributed by atoms with Gasteiger partial charge in [-0.05, 0) is 33.9 Å². The molecule has 32 heavy (non-hydrogen) atoms. The van der Waals surface area contributed by atoms with Gasteiger partial charge in [-0.1, -0.05) is 13.8 Å². The fourth-order valence-corrected chi connectivity index (χ4v) is 4.19. The number of nitrogens with one attached hydrogen (secondary N) is 4. The largest absolute Gasteiger partial charge is 0.348 e. The molecular formula is C23H40N9+. The molecule has 3 heterocycles. The Bertz CT molecular complexity index is 893. The third-order valence-electron chi connectivity index (χ3n) is 6.61. The average molecular weight is 443 g/mol. The second kappa shape index (κ2) is 11.4. The first-order valence-electron chi connectivity index (χ1n) is 11.7. The minimum atomic E-state index is 0.772. The molecule has 0 radical (unpaired) electrons. The van der Waals surface area contributed by atoms with E-state index in [1.807, 2.05) is 12.7 Å². The molecular weight excluding hydrogens is 402 g/mol. The van der Waals surface area contributed by atoms with E-state index in [0.717, 1.165) is 97.5 Å². The molecule has 3 rings (SSSR count). The molecule has 0 fully saturated rings. The van der Waals surface area contributed by atoms with Crippen LogP contribution < -0.4 is 5.32 Å². The normalized spacial score (nSPS) is 12.2. The van der Waals surface area contributed by atoms with Crippen molar-refractivity contribution >= 4 is 0 Å².